The van der Waals surface area contributed by atoms with Crippen molar-refractivity contribution < 1.29 is 73.2 Å². The lowest BCUT2D eigenvalue weighted by Crippen LogP contribution is -2.61. The van der Waals surface area contributed by atoms with Gasteiger partial charge in [0.15, 0.2) is 5.96 Å². The lowest BCUT2D eigenvalue weighted by Gasteiger charge is -2.30. The highest BCUT2D eigenvalue weighted by atomic mass is 16.4. The quantitative estimate of drug-likeness (QED) is 0.0203. The van der Waals surface area contributed by atoms with E-state index in [4.69, 9.17) is 22.9 Å². The smallest absolute Gasteiger partial charge is 0.326 e. The minimum absolute atomic E-state index is 0.0102. The number of amides is 8. The van der Waals surface area contributed by atoms with Crippen molar-refractivity contribution in [3.05, 3.63) is 29.8 Å². The zero-order chi connectivity index (χ0) is 61.7. The Labute approximate surface area is 472 Å². The fourth-order valence-electron chi connectivity index (χ4n) is 8.19. The van der Waals surface area contributed by atoms with Gasteiger partial charge in [-0.15, -0.1) is 0 Å². The van der Waals surface area contributed by atoms with E-state index in [1.54, 1.807) is 53.7 Å². The number of guanidine groups is 1. The number of nitrogens with zero attached hydrogens (tertiary/aromatic N) is 1. The number of benzene rings is 1. The average molecular weight is 1150 g/mol. The Kier molecular flexibility index (Phi) is 32.3. The molecule has 0 saturated heterocycles. The van der Waals surface area contributed by atoms with Crippen molar-refractivity contribution >= 4 is 71.1 Å². The molecule has 0 aromatic heterocycles. The Hall–Kier alpha value is -7.62. The first-order valence-corrected chi connectivity index (χ1v) is 27.3. The monoisotopic (exact) mass is 1150 g/mol. The molecule has 0 aliphatic heterocycles. The molecular weight excluding hydrogens is 1060 g/mol. The third-order valence-electron chi connectivity index (χ3n) is 12.9. The zero-order valence-corrected chi connectivity index (χ0v) is 47.8. The van der Waals surface area contributed by atoms with Crippen molar-refractivity contribution in [2.24, 2.45) is 51.6 Å². The van der Waals surface area contributed by atoms with Crippen molar-refractivity contribution in [1.82, 2.24) is 42.5 Å². The molecule has 456 valence electrons. The first-order chi connectivity index (χ1) is 37.9. The zero-order valence-electron chi connectivity index (χ0n) is 47.8. The Balaban J connectivity index is 3.54. The van der Waals surface area contributed by atoms with Crippen molar-refractivity contribution in [1.29, 1.82) is 0 Å². The molecule has 8 amide bonds. The van der Waals surface area contributed by atoms with Crippen LogP contribution in [-0.4, -0.2) is 159 Å². The van der Waals surface area contributed by atoms with Crippen LogP contribution in [-0.2, 0) is 59.2 Å². The first-order valence-electron chi connectivity index (χ1n) is 27.3. The number of aromatic hydroxyl groups is 1. The summed E-state index contributed by atoms with van der Waals surface area (Å²) in [4.78, 5) is 151. The van der Waals surface area contributed by atoms with Crippen LogP contribution in [0.4, 0.5) is 0 Å². The summed E-state index contributed by atoms with van der Waals surface area (Å²) in [5.41, 5.74) is 23.6. The van der Waals surface area contributed by atoms with Crippen molar-refractivity contribution in [2.75, 3.05) is 13.1 Å². The predicted molar refractivity (Wildman–Crippen MR) is 298 cm³/mol. The molecule has 81 heavy (non-hydrogen) atoms. The number of hydrogen-bond acceptors (Lipinski definition) is 15. The lowest BCUT2D eigenvalue weighted by molar-refractivity contribution is -0.144. The number of unbranched alkanes of at least 4 members (excludes halogenated alkanes) is 1. The normalized spacial score (nSPS) is 14.9. The van der Waals surface area contributed by atoms with E-state index >= 15 is 0 Å². The van der Waals surface area contributed by atoms with E-state index in [1.165, 1.54) is 26.0 Å². The summed E-state index contributed by atoms with van der Waals surface area (Å²) in [5.74, 6) is -13.7. The molecule has 0 heterocycles. The molecule has 0 saturated carbocycles. The van der Waals surface area contributed by atoms with E-state index in [2.05, 4.69) is 47.5 Å². The van der Waals surface area contributed by atoms with Gasteiger partial charge in [0.1, 0.15) is 54.1 Å². The molecular formula is C53H89N13O15. The van der Waals surface area contributed by atoms with E-state index < -0.39 is 151 Å². The van der Waals surface area contributed by atoms with Gasteiger partial charge in [0.2, 0.25) is 47.3 Å². The molecule has 28 heteroatoms. The molecule has 0 aliphatic carbocycles. The van der Waals surface area contributed by atoms with Crippen LogP contribution in [0.5, 0.6) is 5.75 Å². The van der Waals surface area contributed by atoms with Gasteiger partial charge in [0.25, 0.3) is 0 Å². The average Bonchev–Trinajstić information content (AvgIpc) is 3.37. The summed E-state index contributed by atoms with van der Waals surface area (Å²) in [5, 5.41) is 58.8. The largest absolute Gasteiger partial charge is 0.508 e. The highest BCUT2D eigenvalue weighted by Gasteiger charge is 2.37. The number of hydrogen-bond donors (Lipinski definition) is 16. The molecule has 0 radical (unpaired) electrons. The summed E-state index contributed by atoms with van der Waals surface area (Å²) in [7, 11) is 0. The SMILES string of the molecule is CC[C@H](C)[C@H](NC(=O)[C@H](CC(=O)O)NC(=O)[C@H](CCC(=O)O)NC(=O)[C@@H](NC(=O)[C@H](CC(C)C)NC(=O)[C@H](CCCN=C(N)N)NC(=O)[C@H](CCCCN)NC(=O)[C@@H](N)Cc1ccc(O)cc1)C(C)C)C(=O)N[C@@H](CC(C)C)C(=O)O. The number of rotatable bonds is 39. The predicted octanol–water partition coefficient (Wildman–Crippen LogP) is -1.46. The second-order valence-electron chi connectivity index (χ2n) is 21.3. The van der Waals surface area contributed by atoms with Crippen LogP contribution in [0.3, 0.4) is 0 Å². The molecule has 0 spiro atoms. The number of phenolic OH excluding ortho intramolecular Hbond substituents is 1. The van der Waals surface area contributed by atoms with Crippen LogP contribution in [0.25, 0.3) is 0 Å². The number of aliphatic carboxylic acids is 3. The number of carboxylic acids is 3. The van der Waals surface area contributed by atoms with Crippen LogP contribution in [0, 0.1) is 23.7 Å². The second-order valence-corrected chi connectivity index (χ2v) is 21.3. The molecule has 0 unspecified atom stereocenters. The highest BCUT2D eigenvalue weighted by Crippen LogP contribution is 2.16. The number of carboxylic acid groups (broad SMARTS) is 3. The minimum Gasteiger partial charge on any atom is -0.508 e. The maximum absolute atomic E-state index is 14.3. The topological polar surface area (TPSA) is 481 Å². The molecule has 1 rings (SSSR count). The molecule has 20 N–H and O–H groups in total. The second kappa shape index (κ2) is 36.6. The van der Waals surface area contributed by atoms with Crippen molar-refractivity contribution in [2.45, 2.75) is 187 Å². The van der Waals surface area contributed by atoms with Crippen LogP contribution in [0.1, 0.15) is 132 Å². The number of carbonyl (C=O) groups excluding carboxylic acids is 8. The molecule has 1 aromatic carbocycles. The Morgan fingerprint density at radius 3 is 1.47 bits per heavy atom. The third kappa shape index (κ3) is 27.9. The van der Waals surface area contributed by atoms with Gasteiger partial charge in [-0.25, -0.2) is 4.79 Å². The van der Waals surface area contributed by atoms with Gasteiger partial charge in [-0.2, -0.15) is 0 Å². The Bertz CT molecular complexity index is 2300. The number of nitrogens with one attached hydrogen (secondary N) is 8. The van der Waals surface area contributed by atoms with Crippen LogP contribution >= 0.6 is 0 Å². The van der Waals surface area contributed by atoms with Crippen LogP contribution < -0.4 is 65.5 Å². The van der Waals surface area contributed by atoms with E-state index in [0.717, 1.165) is 0 Å². The van der Waals surface area contributed by atoms with Gasteiger partial charge in [-0.1, -0.05) is 73.9 Å². The fraction of sp³-hybridized carbons (Fsp3) is 0.660. The van der Waals surface area contributed by atoms with E-state index in [1.807, 2.05) is 0 Å². The van der Waals surface area contributed by atoms with Crippen LogP contribution in [0.2, 0.25) is 0 Å². The van der Waals surface area contributed by atoms with Crippen LogP contribution in [0.15, 0.2) is 29.3 Å². The molecule has 28 nitrogen and oxygen atoms in total. The van der Waals surface area contributed by atoms with Gasteiger partial charge >= 0.3 is 17.9 Å². The Morgan fingerprint density at radius 1 is 0.531 bits per heavy atom. The maximum atomic E-state index is 14.3. The van der Waals surface area contributed by atoms with Crippen molar-refractivity contribution in [3.63, 3.8) is 0 Å². The summed E-state index contributed by atoms with van der Waals surface area (Å²) in [6.45, 7) is 13.7. The van der Waals surface area contributed by atoms with Gasteiger partial charge in [-0.05, 0) is 106 Å². The number of nitrogens with two attached hydrogens (primary N) is 4. The summed E-state index contributed by atoms with van der Waals surface area (Å²) < 4.78 is 0. The van der Waals surface area contributed by atoms with Crippen molar-refractivity contribution in [3.8, 4) is 5.75 Å². The lowest BCUT2D eigenvalue weighted by atomic mass is 9.96. The highest BCUT2D eigenvalue weighted by molar-refractivity contribution is 5.99. The first kappa shape index (κ1) is 71.4. The fourth-order valence-corrected chi connectivity index (χ4v) is 8.19. The minimum atomic E-state index is -1.91. The molecule has 1 aromatic rings. The van der Waals surface area contributed by atoms with E-state index in [-0.39, 0.29) is 75.2 Å². The third-order valence-corrected chi connectivity index (χ3v) is 12.9. The van der Waals surface area contributed by atoms with Gasteiger partial charge in [-0.3, -0.25) is 52.9 Å². The molecule has 0 fully saturated rings. The molecule has 10 atom stereocenters. The molecule has 0 bridgehead atoms. The number of carbonyl (C=O) groups is 11. The van der Waals surface area contributed by atoms with Gasteiger partial charge in [0.05, 0.1) is 12.5 Å². The summed E-state index contributed by atoms with van der Waals surface area (Å²) >= 11 is 0. The van der Waals surface area contributed by atoms with Gasteiger partial charge in [0, 0.05) is 13.0 Å². The standard InChI is InChI=1S/C53H89N13O15/c1-9-30(8)43(51(79)64-39(52(80)81)24-28(4)5)66-49(77)38(26-41(70)71)63-47(75)36(19-20-40(68)69)61-50(78)42(29(6)7)65-48(76)37(23-27(2)3)62-46(74)35(14-12-22-58-53(56)57)60-45(73)34(13-10-11-21-54)59-44(72)33(55)25-31-15-17-32(67)18-16-31/h15-18,27-30,33-39,42-43,67H,9-14,19-26,54-55H2,1-8H3,(H,59,72)(H,60,73)(H,61,78)(H,62,74)(H,63,75)(H,64,79)(H,65,76)(H,66,77)(H,68,69)(H,70,71)(H,80,81)(H4,56,57,58)/t30-,33-,34-,35-,36-,37-,38-,39-,42-,43-/m0/s1. The number of phenols is 1. The van der Waals surface area contributed by atoms with E-state index in [0.29, 0.717) is 24.8 Å². The summed E-state index contributed by atoms with van der Waals surface area (Å²) in [6.07, 6.45) is -0.886. The molecule has 0 aliphatic rings. The summed E-state index contributed by atoms with van der Waals surface area (Å²) in [6, 6.07) is -6.84. The van der Waals surface area contributed by atoms with Gasteiger partial charge < -0.3 is 85.9 Å². The van der Waals surface area contributed by atoms with E-state index in [9.17, 15) is 73.2 Å². The Morgan fingerprint density at radius 2 is 0.975 bits per heavy atom. The maximum Gasteiger partial charge on any atom is 0.326 e. The number of aliphatic imine (C=N–C) groups is 1.